The minimum Gasteiger partial charge on any atom is -0.379 e. The number of hydrazine groups is 1. The van der Waals surface area contributed by atoms with Crippen molar-refractivity contribution in [2.24, 2.45) is 5.92 Å². The third-order valence-corrected chi connectivity index (χ3v) is 7.56. The van der Waals surface area contributed by atoms with Crippen LogP contribution in [-0.2, 0) is 19.6 Å². The Hall–Kier alpha value is -3.09. The third kappa shape index (κ3) is 5.46. The Labute approximate surface area is 192 Å². The molecule has 2 aromatic rings. The largest absolute Gasteiger partial charge is 0.379 e. The molecular formula is C21H26N6O5S. The van der Waals surface area contributed by atoms with Gasteiger partial charge in [0.05, 0.1) is 30.2 Å². The number of aromatic nitrogens is 2. The summed E-state index contributed by atoms with van der Waals surface area (Å²) < 4.78 is 32.2. The molecule has 2 fully saturated rings. The predicted octanol–water partition coefficient (Wildman–Crippen LogP) is 0.175. The van der Waals surface area contributed by atoms with E-state index in [9.17, 15) is 18.0 Å². The number of hydrogen-bond donors (Lipinski definition) is 2. The number of rotatable bonds is 5. The first-order chi connectivity index (χ1) is 15.9. The van der Waals surface area contributed by atoms with Gasteiger partial charge in [0.25, 0.3) is 5.91 Å². The quantitative estimate of drug-likeness (QED) is 0.586. The first kappa shape index (κ1) is 23.1. The highest BCUT2D eigenvalue weighted by atomic mass is 32.2. The number of sulfonamides is 1. The van der Waals surface area contributed by atoms with Gasteiger partial charge >= 0.3 is 0 Å². The topological polar surface area (TPSA) is 134 Å². The van der Waals surface area contributed by atoms with Crippen LogP contribution < -0.4 is 15.8 Å². The van der Waals surface area contributed by atoms with Crippen LogP contribution in [-0.4, -0.2) is 73.9 Å². The summed E-state index contributed by atoms with van der Waals surface area (Å²) >= 11 is 0. The lowest BCUT2D eigenvalue weighted by Gasteiger charge is -2.32. The van der Waals surface area contributed by atoms with Gasteiger partial charge in [-0.05, 0) is 31.0 Å². The van der Waals surface area contributed by atoms with E-state index in [4.69, 9.17) is 4.74 Å². The van der Waals surface area contributed by atoms with Crippen molar-refractivity contribution in [1.82, 2.24) is 25.1 Å². The van der Waals surface area contributed by atoms with Gasteiger partial charge in [-0.15, -0.1) is 0 Å². The van der Waals surface area contributed by atoms with Crippen molar-refractivity contribution < 1.29 is 22.7 Å². The molecule has 12 heteroatoms. The van der Waals surface area contributed by atoms with Crippen LogP contribution in [0.25, 0.3) is 0 Å². The lowest BCUT2D eigenvalue weighted by atomic mass is 9.97. The van der Waals surface area contributed by atoms with Crippen molar-refractivity contribution in [3.63, 3.8) is 0 Å². The Kier molecular flexibility index (Phi) is 7.16. The lowest BCUT2D eigenvalue weighted by Crippen LogP contribution is -2.49. The number of piperidine rings is 1. The molecule has 0 aliphatic carbocycles. The molecule has 1 aromatic heterocycles. The molecule has 0 bridgehead atoms. The molecule has 1 unspecified atom stereocenters. The summed E-state index contributed by atoms with van der Waals surface area (Å²) in [5.41, 5.74) is 5.00. The predicted molar refractivity (Wildman–Crippen MR) is 119 cm³/mol. The average Bonchev–Trinajstić information content (AvgIpc) is 2.88. The molecular weight excluding hydrogens is 448 g/mol. The molecule has 0 saturated carbocycles. The first-order valence-electron chi connectivity index (χ1n) is 10.7. The zero-order chi connectivity index (χ0) is 23.3. The fourth-order valence-electron chi connectivity index (χ4n) is 3.88. The maximum absolute atomic E-state index is 12.8. The summed E-state index contributed by atoms with van der Waals surface area (Å²) in [6, 6.07) is 5.76. The normalized spacial score (nSPS) is 19.6. The number of hydrogen-bond acceptors (Lipinski definition) is 8. The van der Waals surface area contributed by atoms with Gasteiger partial charge in [0.1, 0.15) is 5.82 Å². The number of amides is 2. The van der Waals surface area contributed by atoms with Gasteiger partial charge in [-0.1, -0.05) is 6.07 Å². The SMILES string of the molecule is O=C(NNC(=O)C1CCCN(c2cnccn2)C1)c1cccc(S(=O)(=O)N2CCOCC2)c1. The van der Waals surface area contributed by atoms with Crippen LogP contribution in [0.3, 0.4) is 0 Å². The van der Waals surface area contributed by atoms with Crippen molar-refractivity contribution in [1.29, 1.82) is 0 Å². The number of nitrogens with zero attached hydrogens (tertiary/aromatic N) is 4. The van der Waals surface area contributed by atoms with Crippen molar-refractivity contribution in [3.8, 4) is 0 Å². The highest BCUT2D eigenvalue weighted by molar-refractivity contribution is 7.89. The number of ether oxygens (including phenoxy) is 1. The van der Waals surface area contributed by atoms with Gasteiger partial charge < -0.3 is 9.64 Å². The van der Waals surface area contributed by atoms with Crippen LogP contribution in [0.15, 0.2) is 47.8 Å². The van der Waals surface area contributed by atoms with Gasteiger partial charge in [-0.2, -0.15) is 4.31 Å². The van der Waals surface area contributed by atoms with E-state index < -0.39 is 15.9 Å². The molecule has 176 valence electrons. The standard InChI is InChI=1S/C21H26N6O5S/c28-20(16-3-1-5-18(13-16)33(30,31)27-9-11-32-12-10-27)24-25-21(29)17-4-2-8-26(15-17)19-14-22-6-7-23-19/h1,3,5-7,13-14,17H,2,4,8-12,15H2,(H,24,28)(H,25,29). The zero-order valence-electron chi connectivity index (χ0n) is 18.0. The van der Waals surface area contributed by atoms with Crippen LogP contribution in [0, 0.1) is 5.92 Å². The third-order valence-electron chi connectivity index (χ3n) is 5.67. The fraction of sp³-hybridized carbons (Fsp3) is 0.429. The molecule has 2 saturated heterocycles. The summed E-state index contributed by atoms with van der Waals surface area (Å²) in [6.07, 6.45) is 6.34. The second-order valence-electron chi connectivity index (χ2n) is 7.84. The lowest BCUT2D eigenvalue weighted by molar-refractivity contribution is -0.126. The first-order valence-corrected chi connectivity index (χ1v) is 12.2. The maximum atomic E-state index is 12.8. The van der Waals surface area contributed by atoms with E-state index in [0.29, 0.717) is 32.0 Å². The van der Waals surface area contributed by atoms with Crippen molar-refractivity contribution in [2.45, 2.75) is 17.7 Å². The van der Waals surface area contributed by atoms with Gasteiger partial charge in [-0.25, -0.2) is 13.4 Å². The van der Waals surface area contributed by atoms with E-state index >= 15 is 0 Å². The smallest absolute Gasteiger partial charge is 0.269 e. The van der Waals surface area contributed by atoms with Gasteiger partial charge in [0, 0.05) is 44.1 Å². The highest BCUT2D eigenvalue weighted by Crippen LogP contribution is 2.21. The maximum Gasteiger partial charge on any atom is 0.269 e. The summed E-state index contributed by atoms with van der Waals surface area (Å²) in [4.78, 5) is 35.6. The van der Waals surface area contributed by atoms with Crippen LogP contribution in [0.2, 0.25) is 0 Å². The molecule has 4 rings (SSSR count). The Balaban J connectivity index is 1.36. The van der Waals surface area contributed by atoms with Crippen molar-refractivity contribution in [2.75, 3.05) is 44.3 Å². The Morgan fingerprint density at radius 2 is 1.91 bits per heavy atom. The number of morpholine rings is 1. The number of nitrogens with one attached hydrogen (secondary N) is 2. The molecule has 2 aliphatic rings. The summed E-state index contributed by atoms with van der Waals surface area (Å²) in [7, 11) is -3.73. The molecule has 0 spiro atoms. The number of anilines is 1. The summed E-state index contributed by atoms with van der Waals surface area (Å²) in [5, 5.41) is 0. The Morgan fingerprint density at radius 1 is 1.09 bits per heavy atom. The molecule has 2 amide bonds. The average molecular weight is 475 g/mol. The van der Waals surface area contributed by atoms with Gasteiger partial charge in [-0.3, -0.25) is 25.4 Å². The summed E-state index contributed by atoms with van der Waals surface area (Å²) in [6.45, 7) is 2.44. The number of benzene rings is 1. The van der Waals surface area contributed by atoms with E-state index in [-0.39, 0.29) is 35.4 Å². The van der Waals surface area contributed by atoms with E-state index in [1.165, 1.54) is 28.6 Å². The minimum absolute atomic E-state index is 0.0234. The van der Waals surface area contributed by atoms with Crippen LogP contribution >= 0.6 is 0 Å². The van der Waals surface area contributed by atoms with E-state index in [1.807, 2.05) is 4.90 Å². The molecule has 1 atom stereocenters. The fourth-order valence-corrected chi connectivity index (χ4v) is 5.33. The van der Waals surface area contributed by atoms with Crippen LogP contribution in [0.5, 0.6) is 0 Å². The molecule has 2 aliphatic heterocycles. The van der Waals surface area contributed by atoms with Gasteiger partial charge in [0.15, 0.2) is 0 Å². The Bertz CT molecular complexity index is 1090. The van der Waals surface area contributed by atoms with Crippen molar-refractivity contribution >= 4 is 27.7 Å². The van der Waals surface area contributed by atoms with E-state index in [2.05, 4.69) is 20.8 Å². The molecule has 0 radical (unpaired) electrons. The number of carbonyl (C=O) groups is 2. The molecule has 33 heavy (non-hydrogen) atoms. The second-order valence-corrected chi connectivity index (χ2v) is 9.77. The zero-order valence-corrected chi connectivity index (χ0v) is 18.8. The molecule has 11 nitrogen and oxygen atoms in total. The Morgan fingerprint density at radius 3 is 2.67 bits per heavy atom. The molecule has 1 aromatic carbocycles. The molecule has 3 heterocycles. The second kappa shape index (κ2) is 10.2. The van der Waals surface area contributed by atoms with Gasteiger partial charge in [0.2, 0.25) is 15.9 Å². The van der Waals surface area contributed by atoms with Crippen molar-refractivity contribution in [3.05, 3.63) is 48.4 Å². The highest BCUT2D eigenvalue weighted by Gasteiger charge is 2.28. The molecule has 2 N–H and O–H groups in total. The van der Waals surface area contributed by atoms with E-state index in [1.54, 1.807) is 18.6 Å². The minimum atomic E-state index is -3.73. The number of carbonyl (C=O) groups excluding carboxylic acids is 2. The van der Waals surface area contributed by atoms with E-state index in [0.717, 1.165) is 13.0 Å². The monoisotopic (exact) mass is 474 g/mol. The summed E-state index contributed by atoms with van der Waals surface area (Å²) in [5.74, 6) is -0.524. The van der Waals surface area contributed by atoms with Crippen LogP contribution in [0.4, 0.5) is 5.82 Å². The van der Waals surface area contributed by atoms with Crippen LogP contribution in [0.1, 0.15) is 23.2 Å².